The highest BCUT2D eigenvalue weighted by Gasteiger charge is 2.37. The molecule has 196 valence electrons. The van der Waals surface area contributed by atoms with Gasteiger partial charge in [0.2, 0.25) is 5.91 Å². The standard InChI is InChI=1S/C22H26ClF3N6O4/c1-13(29-16-10-28-30-21(34)19(16)22(24,25)26)12-35-6-3-18(33)31-4-5-32-15(11-31)2-7-36-17-8-14(23)9-27-20(17)32/h8-10,13,15H,2-7,11-12H2,1H3,(H2,29,30,34)/t13-,15+/m0/s1. The second kappa shape index (κ2) is 10.9. The van der Waals surface area contributed by atoms with E-state index < -0.39 is 29.0 Å². The van der Waals surface area contributed by atoms with Crippen LogP contribution >= 0.6 is 11.6 Å². The molecule has 0 bridgehead atoms. The lowest BCUT2D eigenvalue weighted by molar-refractivity contribution is -0.138. The van der Waals surface area contributed by atoms with E-state index in [2.05, 4.69) is 20.3 Å². The fraction of sp³-hybridized carbons (Fsp3) is 0.545. The number of hydrogen-bond donors (Lipinski definition) is 2. The number of rotatable bonds is 7. The van der Waals surface area contributed by atoms with Crippen LogP contribution in [0.4, 0.5) is 24.7 Å². The Balaban J connectivity index is 1.24. The summed E-state index contributed by atoms with van der Waals surface area (Å²) in [5, 5.41) is 8.31. The number of aromatic amines is 1. The Morgan fingerprint density at radius 3 is 2.97 bits per heavy atom. The van der Waals surface area contributed by atoms with Gasteiger partial charge in [0.05, 0.1) is 49.2 Å². The van der Waals surface area contributed by atoms with E-state index in [-0.39, 0.29) is 31.6 Å². The summed E-state index contributed by atoms with van der Waals surface area (Å²) in [6, 6.07) is 1.25. The molecular formula is C22H26ClF3N6O4. The number of fused-ring (bicyclic) bond motifs is 3. The Morgan fingerprint density at radius 2 is 2.19 bits per heavy atom. The first kappa shape index (κ1) is 26.0. The first-order chi connectivity index (χ1) is 17.1. The van der Waals surface area contributed by atoms with Crippen molar-refractivity contribution >= 4 is 29.0 Å². The van der Waals surface area contributed by atoms with Crippen LogP contribution in [0.25, 0.3) is 0 Å². The van der Waals surface area contributed by atoms with Crippen molar-refractivity contribution in [3.05, 3.63) is 39.4 Å². The van der Waals surface area contributed by atoms with Crippen molar-refractivity contribution in [1.29, 1.82) is 0 Å². The molecule has 2 aliphatic heterocycles. The summed E-state index contributed by atoms with van der Waals surface area (Å²) in [6.07, 6.45) is -1.47. The number of piperazine rings is 1. The summed E-state index contributed by atoms with van der Waals surface area (Å²) >= 11 is 6.03. The summed E-state index contributed by atoms with van der Waals surface area (Å²) in [5.41, 5.74) is -3.10. The van der Waals surface area contributed by atoms with Crippen molar-refractivity contribution in [2.24, 2.45) is 0 Å². The van der Waals surface area contributed by atoms with Crippen LogP contribution in [0.1, 0.15) is 25.3 Å². The van der Waals surface area contributed by atoms with Gasteiger partial charge in [0, 0.05) is 44.4 Å². The van der Waals surface area contributed by atoms with Crippen LogP contribution in [0.2, 0.25) is 5.02 Å². The summed E-state index contributed by atoms with van der Waals surface area (Å²) in [7, 11) is 0. The number of pyridine rings is 1. The summed E-state index contributed by atoms with van der Waals surface area (Å²) < 4.78 is 50.8. The third kappa shape index (κ3) is 6.01. The number of alkyl halides is 3. The molecule has 0 radical (unpaired) electrons. The van der Waals surface area contributed by atoms with Gasteiger partial charge in [-0.3, -0.25) is 9.59 Å². The number of carbonyl (C=O) groups is 1. The monoisotopic (exact) mass is 530 g/mol. The zero-order chi connectivity index (χ0) is 25.9. The van der Waals surface area contributed by atoms with Gasteiger partial charge < -0.3 is 24.6 Å². The molecule has 0 unspecified atom stereocenters. The first-order valence-electron chi connectivity index (χ1n) is 11.5. The molecule has 0 saturated carbocycles. The minimum absolute atomic E-state index is 0.0378. The van der Waals surface area contributed by atoms with Gasteiger partial charge in [-0.05, 0) is 6.92 Å². The van der Waals surface area contributed by atoms with Crippen molar-refractivity contribution in [3.63, 3.8) is 0 Å². The van der Waals surface area contributed by atoms with Crippen molar-refractivity contribution in [2.45, 2.75) is 38.0 Å². The fourth-order valence-corrected chi connectivity index (χ4v) is 4.47. The van der Waals surface area contributed by atoms with Gasteiger partial charge in [-0.15, -0.1) is 0 Å². The molecule has 0 aromatic carbocycles. The van der Waals surface area contributed by atoms with Crippen LogP contribution in [0.5, 0.6) is 5.75 Å². The van der Waals surface area contributed by atoms with Gasteiger partial charge in [-0.1, -0.05) is 11.6 Å². The molecule has 0 aliphatic carbocycles. The van der Waals surface area contributed by atoms with Gasteiger partial charge in [-0.25, -0.2) is 10.1 Å². The Kier molecular flexibility index (Phi) is 7.88. The van der Waals surface area contributed by atoms with E-state index in [1.807, 2.05) is 0 Å². The minimum Gasteiger partial charge on any atom is -0.490 e. The molecular weight excluding hydrogens is 505 g/mol. The number of anilines is 2. The summed E-state index contributed by atoms with van der Waals surface area (Å²) in [4.78, 5) is 32.7. The summed E-state index contributed by atoms with van der Waals surface area (Å²) in [6.45, 7) is 3.90. The number of ether oxygens (including phenoxy) is 2. The highest BCUT2D eigenvalue weighted by atomic mass is 35.5. The molecule has 2 N–H and O–H groups in total. The predicted octanol–water partition coefficient (Wildman–Crippen LogP) is 2.54. The van der Waals surface area contributed by atoms with Crippen LogP contribution in [0.15, 0.2) is 23.3 Å². The number of carbonyl (C=O) groups excluding carboxylic acids is 1. The van der Waals surface area contributed by atoms with Crippen molar-refractivity contribution < 1.29 is 27.4 Å². The highest BCUT2D eigenvalue weighted by molar-refractivity contribution is 6.30. The molecule has 2 aromatic rings. The van der Waals surface area contributed by atoms with Crippen molar-refractivity contribution in [1.82, 2.24) is 20.1 Å². The molecule has 1 fully saturated rings. The fourth-order valence-electron chi connectivity index (χ4n) is 4.32. The smallest absolute Gasteiger partial charge is 0.423 e. The second-order valence-corrected chi connectivity index (χ2v) is 9.09. The van der Waals surface area contributed by atoms with Crippen LogP contribution in [0.3, 0.4) is 0 Å². The van der Waals surface area contributed by atoms with Gasteiger partial charge >= 0.3 is 6.18 Å². The van der Waals surface area contributed by atoms with E-state index in [0.717, 1.165) is 18.4 Å². The molecule has 1 amide bonds. The number of hydrogen-bond acceptors (Lipinski definition) is 8. The third-order valence-corrected chi connectivity index (χ3v) is 6.19. The molecule has 10 nitrogen and oxygen atoms in total. The van der Waals surface area contributed by atoms with Crippen LogP contribution in [-0.4, -0.2) is 77.5 Å². The first-order valence-corrected chi connectivity index (χ1v) is 11.8. The summed E-state index contributed by atoms with van der Waals surface area (Å²) in [5.74, 6) is 1.30. The molecule has 2 aliphatic rings. The Hall–Kier alpha value is -3.06. The van der Waals surface area contributed by atoms with Crippen LogP contribution in [-0.2, 0) is 15.7 Å². The van der Waals surface area contributed by atoms with E-state index in [4.69, 9.17) is 21.1 Å². The van der Waals surface area contributed by atoms with Crippen molar-refractivity contribution in [2.75, 3.05) is 49.7 Å². The maximum Gasteiger partial charge on any atom is 0.423 e. The number of H-pyrrole nitrogens is 1. The van der Waals surface area contributed by atoms with Crippen LogP contribution < -0.4 is 20.5 Å². The maximum atomic E-state index is 13.2. The zero-order valence-electron chi connectivity index (χ0n) is 19.5. The lowest BCUT2D eigenvalue weighted by atomic mass is 10.1. The largest absolute Gasteiger partial charge is 0.490 e. The van der Waals surface area contributed by atoms with Gasteiger partial charge in [0.25, 0.3) is 5.56 Å². The number of amides is 1. The Morgan fingerprint density at radius 1 is 1.39 bits per heavy atom. The Bertz CT molecular complexity index is 1150. The van der Waals surface area contributed by atoms with Crippen LogP contribution in [0, 0.1) is 0 Å². The number of nitrogens with zero attached hydrogens (tertiary/aromatic N) is 4. The topological polar surface area (TPSA) is 113 Å². The van der Waals surface area contributed by atoms with E-state index in [9.17, 15) is 22.8 Å². The van der Waals surface area contributed by atoms with E-state index in [1.165, 1.54) is 0 Å². The average molecular weight is 531 g/mol. The molecule has 2 aromatic heterocycles. The molecule has 36 heavy (non-hydrogen) atoms. The predicted molar refractivity (Wildman–Crippen MR) is 125 cm³/mol. The second-order valence-electron chi connectivity index (χ2n) is 8.66. The van der Waals surface area contributed by atoms with E-state index >= 15 is 0 Å². The maximum absolute atomic E-state index is 13.2. The SMILES string of the molecule is C[C@@H](COCCC(=O)N1CCN2c3ncc(Cl)cc3OCC[C@@H]2C1)Nc1cn[nH]c(=O)c1C(F)(F)F. The molecule has 14 heteroatoms. The third-order valence-electron chi connectivity index (χ3n) is 5.99. The number of aromatic nitrogens is 3. The van der Waals surface area contributed by atoms with Gasteiger partial charge in [0.15, 0.2) is 11.6 Å². The average Bonchev–Trinajstić information content (AvgIpc) is 2.99. The zero-order valence-corrected chi connectivity index (χ0v) is 20.2. The number of nitrogens with one attached hydrogen (secondary N) is 2. The quantitative estimate of drug-likeness (QED) is 0.525. The molecule has 4 heterocycles. The van der Waals surface area contributed by atoms with Crippen molar-refractivity contribution in [3.8, 4) is 5.75 Å². The van der Waals surface area contributed by atoms with Gasteiger partial charge in [-0.2, -0.15) is 18.3 Å². The number of halogens is 4. The highest BCUT2D eigenvalue weighted by Crippen LogP contribution is 2.34. The lowest BCUT2D eigenvalue weighted by Gasteiger charge is -2.41. The minimum atomic E-state index is -4.83. The molecule has 0 spiro atoms. The normalized spacial score (nSPS) is 18.5. The molecule has 1 saturated heterocycles. The van der Waals surface area contributed by atoms with E-state index in [0.29, 0.717) is 37.0 Å². The lowest BCUT2D eigenvalue weighted by Crippen LogP contribution is -2.55. The van der Waals surface area contributed by atoms with Gasteiger partial charge in [0.1, 0.15) is 5.56 Å². The Labute approximate surface area is 209 Å². The molecule has 2 atom stereocenters. The van der Waals surface area contributed by atoms with E-state index in [1.54, 1.807) is 29.2 Å². The molecule has 4 rings (SSSR count).